The monoisotopic (exact) mass is 413 g/mol. The number of likely N-dealkylation sites (N-methyl/N-ethyl adjacent to an activating group) is 1. The van der Waals surface area contributed by atoms with Crippen LogP contribution in [0.15, 0.2) is 27.4 Å². The van der Waals surface area contributed by atoms with Crippen molar-refractivity contribution < 1.29 is 13.9 Å². The van der Waals surface area contributed by atoms with Gasteiger partial charge in [-0.15, -0.1) is 11.3 Å². The van der Waals surface area contributed by atoms with E-state index < -0.39 is 5.63 Å². The number of fused-ring (bicyclic) bond motifs is 2. The van der Waals surface area contributed by atoms with Crippen LogP contribution in [-0.2, 0) is 24.2 Å². The summed E-state index contributed by atoms with van der Waals surface area (Å²) in [6.45, 7) is 3.72. The van der Waals surface area contributed by atoms with E-state index in [2.05, 4.69) is 22.2 Å². The molecule has 3 aromatic rings. The summed E-state index contributed by atoms with van der Waals surface area (Å²) in [5.41, 5.74) is 2.50. The third-order valence-electron chi connectivity index (χ3n) is 5.27. The van der Waals surface area contributed by atoms with Gasteiger partial charge in [-0.05, 0) is 38.1 Å². The molecule has 1 aliphatic rings. The lowest BCUT2D eigenvalue weighted by molar-refractivity contribution is -0.116. The Kier molecular flexibility index (Phi) is 5.38. The normalized spacial score (nSPS) is 14.0. The Morgan fingerprint density at radius 1 is 1.41 bits per heavy atom. The molecule has 3 heterocycles. The summed E-state index contributed by atoms with van der Waals surface area (Å²) >= 11 is 1.52. The summed E-state index contributed by atoms with van der Waals surface area (Å²) in [7, 11) is 3.64. The van der Waals surface area contributed by atoms with Gasteiger partial charge in [0.1, 0.15) is 11.3 Å². The molecule has 7 nitrogen and oxygen atoms in total. The van der Waals surface area contributed by atoms with Gasteiger partial charge in [0.2, 0.25) is 5.91 Å². The number of carbonyl (C=O) groups is 1. The number of methoxy groups -OCH3 is 1. The number of amides is 1. The Morgan fingerprint density at radius 3 is 3.03 bits per heavy atom. The third-order valence-corrected chi connectivity index (χ3v) is 6.26. The van der Waals surface area contributed by atoms with Crippen LogP contribution in [0.5, 0.6) is 5.75 Å². The standard InChI is InChI=1S/C21H23N3O4S/c1-12-14-5-4-13(27-3)10-17(14)28-20(26)15(12)6-7-19(25)23-21-22-16-8-9-24(2)11-18(16)29-21/h4-5,10H,6-9,11H2,1-3H3,(H,22,23,25). The minimum atomic E-state index is -0.413. The highest BCUT2D eigenvalue weighted by atomic mass is 32.1. The maximum atomic E-state index is 12.4. The molecule has 0 spiro atoms. The molecule has 0 aliphatic carbocycles. The fraction of sp³-hybridized carbons (Fsp3) is 0.381. The molecule has 1 N–H and O–H groups in total. The van der Waals surface area contributed by atoms with E-state index >= 15 is 0 Å². The number of ether oxygens (including phenoxy) is 1. The third kappa shape index (κ3) is 4.04. The largest absolute Gasteiger partial charge is 0.497 e. The highest BCUT2D eigenvalue weighted by Crippen LogP contribution is 2.28. The second-order valence-electron chi connectivity index (χ2n) is 7.28. The lowest BCUT2D eigenvalue weighted by Gasteiger charge is -2.20. The van der Waals surface area contributed by atoms with Crippen molar-refractivity contribution >= 4 is 33.3 Å². The van der Waals surface area contributed by atoms with E-state index in [0.29, 0.717) is 28.4 Å². The number of aryl methyl sites for hydroxylation is 1. The van der Waals surface area contributed by atoms with E-state index in [-0.39, 0.29) is 12.3 Å². The average Bonchev–Trinajstić information content (AvgIpc) is 3.08. The number of nitrogens with zero attached hydrogens (tertiary/aromatic N) is 2. The molecule has 0 bridgehead atoms. The van der Waals surface area contributed by atoms with Gasteiger partial charge >= 0.3 is 5.63 Å². The maximum Gasteiger partial charge on any atom is 0.339 e. The smallest absolute Gasteiger partial charge is 0.339 e. The molecule has 29 heavy (non-hydrogen) atoms. The molecule has 0 saturated carbocycles. The molecule has 0 radical (unpaired) electrons. The molecule has 8 heteroatoms. The Hall–Kier alpha value is -2.71. The Labute approximate surface area is 172 Å². The minimum Gasteiger partial charge on any atom is -0.497 e. The summed E-state index contributed by atoms with van der Waals surface area (Å²) < 4.78 is 10.6. The summed E-state index contributed by atoms with van der Waals surface area (Å²) in [5.74, 6) is 0.475. The first-order chi connectivity index (χ1) is 13.9. The number of hydrogen-bond donors (Lipinski definition) is 1. The molecular formula is C21H23N3O4S. The Morgan fingerprint density at radius 2 is 2.24 bits per heavy atom. The maximum absolute atomic E-state index is 12.4. The first-order valence-corrected chi connectivity index (χ1v) is 10.3. The van der Waals surface area contributed by atoms with Crippen LogP contribution in [-0.4, -0.2) is 36.5 Å². The summed E-state index contributed by atoms with van der Waals surface area (Å²) in [6.07, 6.45) is 1.41. The molecule has 1 amide bonds. The van der Waals surface area contributed by atoms with Crippen LogP contribution >= 0.6 is 11.3 Å². The van der Waals surface area contributed by atoms with Crippen molar-refractivity contribution in [1.29, 1.82) is 0 Å². The van der Waals surface area contributed by atoms with Crippen molar-refractivity contribution in [2.75, 3.05) is 26.0 Å². The van der Waals surface area contributed by atoms with Gasteiger partial charge in [0.15, 0.2) is 5.13 Å². The molecule has 1 aromatic carbocycles. The number of hydrogen-bond acceptors (Lipinski definition) is 7. The van der Waals surface area contributed by atoms with Crippen molar-refractivity contribution in [2.24, 2.45) is 0 Å². The van der Waals surface area contributed by atoms with Crippen LogP contribution in [0.4, 0.5) is 5.13 Å². The van der Waals surface area contributed by atoms with E-state index in [4.69, 9.17) is 9.15 Å². The molecular weight excluding hydrogens is 390 g/mol. The molecule has 2 aromatic heterocycles. The van der Waals surface area contributed by atoms with Gasteiger partial charge in [0, 0.05) is 47.8 Å². The number of thiazole rings is 1. The zero-order valence-electron chi connectivity index (χ0n) is 16.7. The van der Waals surface area contributed by atoms with Gasteiger partial charge in [-0.2, -0.15) is 0 Å². The fourth-order valence-corrected chi connectivity index (χ4v) is 4.69. The topological polar surface area (TPSA) is 84.7 Å². The van der Waals surface area contributed by atoms with Crippen LogP contribution in [0.2, 0.25) is 0 Å². The fourth-order valence-electron chi connectivity index (χ4n) is 3.59. The Bertz CT molecular complexity index is 1130. The van der Waals surface area contributed by atoms with Crippen molar-refractivity contribution in [3.05, 3.63) is 50.3 Å². The van der Waals surface area contributed by atoms with E-state index in [9.17, 15) is 9.59 Å². The van der Waals surface area contributed by atoms with E-state index in [0.717, 1.165) is 36.2 Å². The first-order valence-electron chi connectivity index (χ1n) is 9.52. The summed E-state index contributed by atoms with van der Waals surface area (Å²) in [6, 6.07) is 5.39. The average molecular weight is 413 g/mol. The molecule has 0 unspecified atom stereocenters. The predicted octanol–water partition coefficient (Wildman–Crippen LogP) is 3.13. The molecule has 4 rings (SSSR count). The minimum absolute atomic E-state index is 0.155. The van der Waals surface area contributed by atoms with Crippen molar-refractivity contribution in [3.8, 4) is 5.75 Å². The number of anilines is 1. The zero-order valence-corrected chi connectivity index (χ0v) is 17.5. The van der Waals surface area contributed by atoms with Crippen LogP contribution in [0, 0.1) is 6.92 Å². The van der Waals surface area contributed by atoms with Crippen LogP contribution in [0.3, 0.4) is 0 Å². The number of rotatable bonds is 5. The second kappa shape index (κ2) is 7.96. The molecule has 0 atom stereocenters. The molecule has 152 valence electrons. The van der Waals surface area contributed by atoms with Gasteiger partial charge in [-0.25, -0.2) is 9.78 Å². The van der Waals surface area contributed by atoms with E-state index in [1.807, 2.05) is 19.1 Å². The van der Waals surface area contributed by atoms with Gasteiger partial charge in [0.05, 0.1) is 12.8 Å². The first kappa shape index (κ1) is 19.6. The van der Waals surface area contributed by atoms with Gasteiger partial charge in [-0.1, -0.05) is 0 Å². The second-order valence-corrected chi connectivity index (χ2v) is 8.36. The van der Waals surface area contributed by atoms with Crippen molar-refractivity contribution in [1.82, 2.24) is 9.88 Å². The van der Waals surface area contributed by atoms with Crippen LogP contribution < -0.4 is 15.7 Å². The van der Waals surface area contributed by atoms with Crippen LogP contribution in [0.1, 0.15) is 28.1 Å². The van der Waals surface area contributed by atoms with Gasteiger partial charge < -0.3 is 19.4 Å². The number of carbonyl (C=O) groups excluding carboxylic acids is 1. The molecule has 1 aliphatic heterocycles. The summed E-state index contributed by atoms with van der Waals surface area (Å²) in [5, 5.41) is 4.35. The van der Waals surface area contributed by atoms with E-state index in [1.165, 1.54) is 16.2 Å². The lowest BCUT2D eigenvalue weighted by atomic mass is 10.0. The van der Waals surface area contributed by atoms with E-state index in [1.54, 1.807) is 13.2 Å². The molecule has 0 fully saturated rings. The summed E-state index contributed by atoms with van der Waals surface area (Å²) in [4.78, 5) is 32.8. The van der Waals surface area contributed by atoms with Crippen LogP contribution in [0.25, 0.3) is 11.0 Å². The van der Waals surface area contributed by atoms with Gasteiger partial charge in [0.25, 0.3) is 0 Å². The quantitative estimate of drug-likeness (QED) is 0.647. The highest BCUT2D eigenvalue weighted by molar-refractivity contribution is 7.15. The SMILES string of the molecule is COc1ccc2c(C)c(CCC(=O)Nc3nc4c(s3)CN(C)CC4)c(=O)oc2c1. The number of nitrogens with one attached hydrogen (secondary N) is 1. The van der Waals surface area contributed by atoms with Crippen molar-refractivity contribution in [2.45, 2.75) is 32.7 Å². The predicted molar refractivity (Wildman–Crippen MR) is 113 cm³/mol. The number of benzene rings is 1. The van der Waals surface area contributed by atoms with Crippen molar-refractivity contribution in [3.63, 3.8) is 0 Å². The lowest BCUT2D eigenvalue weighted by Crippen LogP contribution is -2.25. The highest BCUT2D eigenvalue weighted by Gasteiger charge is 2.19. The number of aromatic nitrogens is 1. The zero-order chi connectivity index (χ0) is 20.5. The Balaban J connectivity index is 1.47. The molecule has 0 saturated heterocycles. The van der Waals surface area contributed by atoms with Gasteiger partial charge in [-0.3, -0.25) is 4.79 Å².